The maximum atomic E-state index is 10.6. The van der Waals surface area contributed by atoms with Crippen molar-refractivity contribution in [2.75, 3.05) is 0 Å². The maximum absolute atomic E-state index is 10.6. The number of benzene rings is 1. The molecule has 6 heteroatoms. The second-order valence-electron chi connectivity index (χ2n) is 2.67. The highest BCUT2D eigenvalue weighted by atomic mass is 32.2. The van der Waals surface area contributed by atoms with Crippen LogP contribution in [0.5, 0.6) is 0 Å². The molecule has 0 heterocycles. The van der Waals surface area contributed by atoms with Crippen LogP contribution in [0.2, 0.25) is 0 Å². The van der Waals surface area contributed by atoms with E-state index in [9.17, 15) is 13.2 Å². The smallest absolute Gasteiger partial charge is 0.298 e. The normalized spacial score (nSPS) is 11.5. The highest BCUT2D eigenvalue weighted by molar-refractivity contribution is 7.83. The molecule has 0 aliphatic heterocycles. The second kappa shape index (κ2) is 4.72. The van der Waals surface area contributed by atoms with Crippen LogP contribution in [0, 0.1) is 0 Å². The predicted molar refractivity (Wildman–Crippen MR) is 55.5 cm³/mol. The first-order chi connectivity index (χ1) is 7.03. The largest absolute Gasteiger partial charge is 0.357 e. The highest BCUT2D eigenvalue weighted by Crippen LogP contribution is 2.07. The number of carbonyl (C=O) groups excluding carboxylic acids is 1. The molecule has 0 saturated heterocycles. The summed E-state index contributed by atoms with van der Waals surface area (Å²) >= 11 is 0. The quantitative estimate of drug-likeness (QED) is 0.590. The summed E-state index contributed by atoms with van der Waals surface area (Å²) in [5.74, 6) is 0. The molecule has 0 saturated carbocycles. The molecule has 0 bridgehead atoms. The topological polar surface area (TPSA) is 83.5 Å². The monoisotopic (exact) mass is 227 g/mol. The van der Waals surface area contributed by atoms with Crippen LogP contribution in [0.15, 0.2) is 30.5 Å². The predicted octanol–water partition coefficient (Wildman–Crippen LogP) is 0.862. The standard InChI is InChI=1S/C9H9NO4S/c11-7-9-4-2-1-3-8(9)5-6-10-15(12,13)14/h1-7,10H,(H,12,13,14). The molecule has 2 N–H and O–H groups in total. The van der Waals surface area contributed by atoms with E-state index < -0.39 is 10.3 Å². The molecule has 0 fully saturated rings. The van der Waals surface area contributed by atoms with Crippen LogP contribution in [0.4, 0.5) is 0 Å². The van der Waals surface area contributed by atoms with Gasteiger partial charge in [0, 0.05) is 11.8 Å². The third-order valence-electron chi connectivity index (χ3n) is 1.60. The minimum absolute atomic E-state index is 0.436. The Bertz CT molecular complexity index is 479. The van der Waals surface area contributed by atoms with Crippen LogP contribution in [0.3, 0.4) is 0 Å². The Labute approximate surface area is 87.3 Å². The fourth-order valence-electron chi connectivity index (χ4n) is 0.980. The molecule has 15 heavy (non-hydrogen) atoms. The lowest BCUT2D eigenvalue weighted by Crippen LogP contribution is -2.15. The van der Waals surface area contributed by atoms with Gasteiger partial charge in [-0.25, -0.2) is 0 Å². The first-order valence-corrected chi connectivity index (χ1v) is 5.42. The van der Waals surface area contributed by atoms with Crippen LogP contribution >= 0.6 is 0 Å². The summed E-state index contributed by atoms with van der Waals surface area (Å²) < 4.78 is 30.7. The fraction of sp³-hybridized carbons (Fsp3) is 0. The third kappa shape index (κ3) is 3.92. The lowest BCUT2D eigenvalue weighted by Gasteiger charge is -1.97. The van der Waals surface area contributed by atoms with E-state index in [1.807, 2.05) is 0 Å². The van der Waals surface area contributed by atoms with Gasteiger partial charge in [0.25, 0.3) is 0 Å². The molecule has 1 aromatic rings. The van der Waals surface area contributed by atoms with Gasteiger partial charge in [0.15, 0.2) is 6.29 Å². The molecular formula is C9H9NO4S. The zero-order valence-corrected chi connectivity index (χ0v) is 8.44. The van der Waals surface area contributed by atoms with Crippen LogP contribution < -0.4 is 4.72 Å². The zero-order valence-electron chi connectivity index (χ0n) is 7.62. The molecule has 0 atom stereocenters. The van der Waals surface area contributed by atoms with Gasteiger partial charge in [-0.3, -0.25) is 14.1 Å². The second-order valence-corrected chi connectivity index (χ2v) is 3.86. The molecule has 5 nitrogen and oxygen atoms in total. The summed E-state index contributed by atoms with van der Waals surface area (Å²) in [6, 6.07) is 6.64. The van der Waals surface area contributed by atoms with Gasteiger partial charge < -0.3 is 0 Å². The summed E-state index contributed by atoms with van der Waals surface area (Å²) in [7, 11) is -4.24. The van der Waals surface area contributed by atoms with Crippen molar-refractivity contribution >= 4 is 22.7 Å². The third-order valence-corrected chi connectivity index (χ3v) is 2.04. The van der Waals surface area contributed by atoms with Gasteiger partial charge in [0.1, 0.15) is 0 Å². The summed E-state index contributed by atoms with van der Waals surface area (Å²) in [4.78, 5) is 10.6. The molecular weight excluding hydrogens is 218 g/mol. The van der Waals surface area contributed by atoms with Gasteiger partial charge in [-0.1, -0.05) is 24.3 Å². The number of hydrogen-bond acceptors (Lipinski definition) is 3. The fourth-order valence-corrected chi connectivity index (χ4v) is 1.22. The van der Waals surface area contributed by atoms with Crippen molar-refractivity contribution in [3.63, 3.8) is 0 Å². The van der Waals surface area contributed by atoms with Gasteiger partial charge in [-0.2, -0.15) is 8.42 Å². The molecule has 0 unspecified atom stereocenters. The van der Waals surface area contributed by atoms with Crippen LogP contribution in [0.25, 0.3) is 6.08 Å². The minimum Gasteiger partial charge on any atom is -0.298 e. The number of aldehydes is 1. The van der Waals surface area contributed by atoms with E-state index in [4.69, 9.17) is 4.55 Å². The molecule has 0 amide bonds. The van der Waals surface area contributed by atoms with Crippen molar-refractivity contribution in [2.24, 2.45) is 0 Å². The van der Waals surface area contributed by atoms with E-state index in [0.717, 1.165) is 6.20 Å². The molecule has 1 aromatic carbocycles. The summed E-state index contributed by atoms with van der Waals surface area (Å²) in [6.07, 6.45) is 3.07. The Morgan fingerprint density at radius 3 is 2.33 bits per heavy atom. The summed E-state index contributed by atoms with van der Waals surface area (Å²) in [5.41, 5.74) is 0.995. The number of nitrogens with one attached hydrogen (secondary N) is 1. The van der Waals surface area contributed by atoms with Crippen molar-refractivity contribution in [1.82, 2.24) is 4.72 Å². The van der Waals surface area contributed by atoms with Gasteiger partial charge in [-0.15, -0.1) is 0 Å². The molecule has 0 spiro atoms. The van der Waals surface area contributed by atoms with Crippen molar-refractivity contribution in [2.45, 2.75) is 0 Å². The molecule has 0 aliphatic rings. The number of hydrogen-bond donors (Lipinski definition) is 2. The number of carbonyl (C=O) groups is 1. The van der Waals surface area contributed by atoms with E-state index >= 15 is 0 Å². The van der Waals surface area contributed by atoms with Crippen molar-refractivity contribution in [3.8, 4) is 0 Å². The van der Waals surface area contributed by atoms with Gasteiger partial charge in [0.2, 0.25) is 0 Å². The van der Waals surface area contributed by atoms with E-state index in [0.29, 0.717) is 17.4 Å². The van der Waals surface area contributed by atoms with E-state index in [1.54, 1.807) is 29.0 Å². The molecule has 0 aromatic heterocycles. The Kier molecular flexibility index (Phi) is 3.59. The van der Waals surface area contributed by atoms with Gasteiger partial charge in [0.05, 0.1) is 0 Å². The lowest BCUT2D eigenvalue weighted by atomic mass is 10.1. The van der Waals surface area contributed by atoms with E-state index in [2.05, 4.69) is 0 Å². The molecule has 80 valence electrons. The first kappa shape index (κ1) is 11.4. The maximum Gasteiger partial charge on any atom is 0.357 e. The zero-order chi connectivity index (χ0) is 11.3. The Hall–Kier alpha value is -1.66. The van der Waals surface area contributed by atoms with Crippen LogP contribution in [-0.4, -0.2) is 19.3 Å². The summed E-state index contributed by atoms with van der Waals surface area (Å²) in [5, 5.41) is 0. The summed E-state index contributed by atoms with van der Waals surface area (Å²) in [6.45, 7) is 0. The average Bonchev–Trinajstić information content (AvgIpc) is 2.16. The van der Waals surface area contributed by atoms with Crippen LogP contribution in [0.1, 0.15) is 15.9 Å². The van der Waals surface area contributed by atoms with Crippen LogP contribution in [-0.2, 0) is 10.3 Å². The van der Waals surface area contributed by atoms with Crippen molar-refractivity contribution in [1.29, 1.82) is 0 Å². The highest BCUT2D eigenvalue weighted by Gasteiger charge is 1.98. The van der Waals surface area contributed by atoms with Crippen molar-refractivity contribution in [3.05, 3.63) is 41.6 Å². The Morgan fingerprint density at radius 2 is 1.80 bits per heavy atom. The molecule has 1 rings (SSSR count). The average molecular weight is 227 g/mol. The lowest BCUT2D eigenvalue weighted by molar-refractivity contribution is 0.112. The molecule has 0 aliphatic carbocycles. The van der Waals surface area contributed by atoms with E-state index in [-0.39, 0.29) is 0 Å². The SMILES string of the molecule is O=Cc1ccccc1C=CNS(=O)(=O)O. The Morgan fingerprint density at radius 1 is 1.20 bits per heavy atom. The van der Waals surface area contributed by atoms with Gasteiger partial charge >= 0.3 is 10.3 Å². The number of rotatable bonds is 4. The first-order valence-electron chi connectivity index (χ1n) is 3.98. The molecule has 0 radical (unpaired) electrons. The van der Waals surface area contributed by atoms with E-state index in [1.165, 1.54) is 6.08 Å². The van der Waals surface area contributed by atoms with Gasteiger partial charge in [-0.05, 0) is 11.6 Å². The minimum atomic E-state index is -4.24. The van der Waals surface area contributed by atoms with Crippen molar-refractivity contribution < 1.29 is 17.8 Å². The Balaban J connectivity index is 2.85.